The van der Waals surface area contributed by atoms with E-state index in [2.05, 4.69) is 11.8 Å². The maximum Gasteiger partial charge on any atom is 0.253 e. The van der Waals surface area contributed by atoms with E-state index in [-0.39, 0.29) is 48.0 Å². The van der Waals surface area contributed by atoms with Gasteiger partial charge in [-0.05, 0) is 42.5 Å². The highest BCUT2D eigenvalue weighted by Gasteiger charge is 2.25. The summed E-state index contributed by atoms with van der Waals surface area (Å²) in [4.78, 5) is 61.7. The van der Waals surface area contributed by atoms with Crippen LogP contribution in [0.5, 0.6) is 0 Å². The molecule has 10 nitrogen and oxygen atoms in total. The highest BCUT2D eigenvalue weighted by Crippen LogP contribution is 2.29. The minimum absolute atomic E-state index is 0.0145. The molecule has 0 radical (unpaired) electrons. The molecule has 1 atom stereocenters. The zero-order valence-electron chi connectivity index (χ0n) is 28.0. The first-order valence-corrected chi connectivity index (χ1v) is 17.0. The largest absolute Gasteiger partial charge is 0.379 e. The highest BCUT2D eigenvalue weighted by atomic mass is 16.6. The second-order valence-electron chi connectivity index (χ2n) is 11.9. The Bertz CT molecular complexity index is 1520. The Morgan fingerprint density at radius 1 is 0.612 bits per heavy atom. The molecule has 1 heterocycles. The van der Waals surface area contributed by atoms with Crippen LogP contribution in [0.1, 0.15) is 73.1 Å². The number of fused-ring (bicyclic) bond motifs is 2. The number of carbonyl (C=O) groups is 5. The van der Waals surface area contributed by atoms with Crippen LogP contribution in [0, 0.1) is 11.8 Å². The predicted molar refractivity (Wildman–Crippen MR) is 182 cm³/mol. The molecule has 2 amide bonds. The molecule has 4 rings (SSSR count). The van der Waals surface area contributed by atoms with Gasteiger partial charge in [-0.3, -0.25) is 28.9 Å². The Balaban J connectivity index is 0.944. The van der Waals surface area contributed by atoms with Gasteiger partial charge >= 0.3 is 0 Å². The van der Waals surface area contributed by atoms with E-state index >= 15 is 0 Å². The number of carbonyl (C=O) groups excluding carboxylic acids is 5. The van der Waals surface area contributed by atoms with Gasteiger partial charge in [0.15, 0.2) is 0 Å². The fourth-order valence-electron chi connectivity index (χ4n) is 5.58. The van der Waals surface area contributed by atoms with Crippen LogP contribution in [0.3, 0.4) is 0 Å². The Morgan fingerprint density at radius 2 is 1.16 bits per heavy atom. The van der Waals surface area contributed by atoms with Crippen LogP contribution < -0.4 is 0 Å². The van der Waals surface area contributed by atoms with Gasteiger partial charge in [0.1, 0.15) is 17.3 Å². The minimum atomic E-state index is -0.377. The number of amides is 2. The van der Waals surface area contributed by atoms with Crippen LogP contribution in [0.25, 0.3) is 0 Å². The zero-order chi connectivity index (χ0) is 34.7. The van der Waals surface area contributed by atoms with Crippen LogP contribution >= 0.6 is 0 Å². The van der Waals surface area contributed by atoms with E-state index in [0.29, 0.717) is 97.8 Å². The molecule has 0 bridgehead atoms. The number of benzene rings is 2. The lowest BCUT2D eigenvalue weighted by Crippen LogP contribution is -2.32. The summed E-state index contributed by atoms with van der Waals surface area (Å²) in [6.07, 6.45) is 5.58. The van der Waals surface area contributed by atoms with E-state index in [0.717, 1.165) is 27.2 Å². The number of rotatable bonds is 24. The molecule has 10 heteroatoms. The first-order valence-electron chi connectivity index (χ1n) is 17.0. The number of hydrogen-bond acceptors (Lipinski definition) is 9. The van der Waals surface area contributed by atoms with Crippen molar-refractivity contribution in [3.8, 4) is 11.8 Å². The summed E-state index contributed by atoms with van der Waals surface area (Å²) >= 11 is 0. The van der Waals surface area contributed by atoms with Gasteiger partial charge < -0.3 is 18.9 Å². The van der Waals surface area contributed by atoms with Crippen molar-refractivity contribution < 1.29 is 42.9 Å². The van der Waals surface area contributed by atoms with Crippen LogP contribution in [0.2, 0.25) is 0 Å². The quantitative estimate of drug-likeness (QED) is 0.0919. The predicted octanol–water partition coefficient (Wildman–Crippen LogP) is 4.16. The van der Waals surface area contributed by atoms with Crippen molar-refractivity contribution in [1.29, 1.82) is 0 Å². The fraction of sp³-hybridized carbons (Fsp3) is 0.462. The maximum atomic E-state index is 13.4. The third-order valence-corrected chi connectivity index (χ3v) is 8.28. The van der Waals surface area contributed by atoms with Crippen LogP contribution in [0.15, 0.2) is 60.7 Å². The number of imide groups is 1. The lowest BCUT2D eigenvalue weighted by molar-refractivity contribution is -0.137. The van der Waals surface area contributed by atoms with Crippen molar-refractivity contribution in [2.75, 3.05) is 59.4 Å². The van der Waals surface area contributed by atoms with Crippen molar-refractivity contribution in [3.05, 3.63) is 82.9 Å². The third-order valence-electron chi connectivity index (χ3n) is 8.28. The average Bonchev–Trinajstić information content (AvgIpc) is 3.42. The normalized spacial score (nSPS) is 14.9. The van der Waals surface area contributed by atoms with Crippen molar-refractivity contribution >= 4 is 29.2 Å². The molecule has 0 spiro atoms. The summed E-state index contributed by atoms with van der Waals surface area (Å²) in [6, 6.07) is 15.8. The van der Waals surface area contributed by atoms with Gasteiger partial charge in [0, 0.05) is 74.5 Å². The molecule has 49 heavy (non-hydrogen) atoms. The highest BCUT2D eigenvalue weighted by molar-refractivity contribution is 6.13. The summed E-state index contributed by atoms with van der Waals surface area (Å²) in [6.45, 7) is 3.25. The third kappa shape index (κ3) is 12.9. The van der Waals surface area contributed by atoms with Crippen molar-refractivity contribution in [2.24, 2.45) is 0 Å². The molecule has 0 saturated carbocycles. The molecular weight excluding hydrogens is 626 g/mol. The Hall–Kier alpha value is -4.27. The molecule has 2 aromatic carbocycles. The molecule has 2 aliphatic rings. The molecule has 0 fully saturated rings. The summed E-state index contributed by atoms with van der Waals surface area (Å²) in [5.74, 6) is 5.66. The number of Topliss-reactive ketones (excluding diaryl/α,β-unsaturated/α-hetero) is 3. The van der Waals surface area contributed by atoms with Crippen LogP contribution in [-0.2, 0) is 49.3 Å². The first-order chi connectivity index (χ1) is 23.9. The Kier molecular flexibility index (Phi) is 16.1. The van der Waals surface area contributed by atoms with Crippen molar-refractivity contribution in [2.45, 2.75) is 57.3 Å². The fourth-order valence-corrected chi connectivity index (χ4v) is 5.58. The Labute approximate surface area is 288 Å². The van der Waals surface area contributed by atoms with Gasteiger partial charge in [0.2, 0.25) is 0 Å². The molecule has 0 aromatic heterocycles. The minimum Gasteiger partial charge on any atom is -0.379 e. The van der Waals surface area contributed by atoms with E-state index in [1.807, 2.05) is 48.5 Å². The van der Waals surface area contributed by atoms with E-state index in [9.17, 15) is 24.0 Å². The summed E-state index contributed by atoms with van der Waals surface area (Å²) in [5, 5.41) is 0. The molecule has 2 aromatic rings. The smallest absolute Gasteiger partial charge is 0.253 e. The topological polar surface area (TPSA) is 126 Å². The standard InChI is InChI=1S/C39H45NO9/c41-33(18-20-40-38(44)16-17-39(40)45)11-6-21-46-23-25-48-27-28-49-26-24-47-22-19-34(42)10-5-13-37(43)36-29-32-9-2-1-7-30(32)14-15-31-8-3-4-12-35(31)36/h1-4,7-9,12,16-17,36H,5-6,10-11,13,18-29H2. The number of ketones is 3. The maximum absolute atomic E-state index is 13.4. The van der Waals surface area contributed by atoms with E-state index < -0.39 is 0 Å². The van der Waals surface area contributed by atoms with Gasteiger partial charge in [0.05, 0.1) is 46.2 Å². The number of nitrogens with zero attached hydrogens (tertiary/aromatic N) is 1. The molecule has 1 aliphatic heterocycles. The summed E-state index contributed by atoms with van der Waals surface area (Å²) < 4.78 is 22.0. The summed E-state index contributed by atoms with van der Waals surface area (Å²) in [7, 11) is 0. The lowest BCUT2D eigenvalue weighted by atomic mass is 9.82. The van der Waals surface area contributed by atoms with E-state index in [1.54, 1.807) is 0 Å². The molecule has 1 unspecified atom stereocenters. The first kappa shape index (κ1) is 37.5. The molecule has 260 valence electrons. The van der Waals surface area contributed by atoms with Crippen molar-refractivity contribution in [3.63, 3.8) is 0 Å². The zero-order valence-corrected chi connectivity index (χ0v) is 28.0. The van der Waals surface area contributed by atoms with E-state index in [1.165, 1.54) is 12.2 Å². The van der Waals surface area contributed by atoms with Gasteiger partial charge in [-0.25, -0.2) is 0 Å². The van der Waals surface area contributed by atoms with Gasteiger partial charge in [0.25, 0.3) is 11.8 Å². The molecule has 1 aliphatic carbocycles. The number of ether oxygens (including phenoxy) is 4. The SMILES string of the molecule is O=C(CCCC(=O)C1Cc2ccccc2C#Cc2ccccc21)CCOCCOCCOCCOCCCC(=O)CCN1C(=O)C=CC1=O. The van der Waals surface area contributed by atoms with Gasteiger partial charge in [-0.15, -0.1) is 0 Å². The lowest BCUT2D eigenvalue weighted by Gasteiger charge is -2.20. The molecule has 0 saturated heterocycles. The number of hydrogen-bond donors (Lipinski definition) is 0. The van der Waals surface area contributed by atoms with E-state index in [4.69, 9.17) is 18.9 Å². The molecule has 0 N–H and O–H groups in total. The van der Waals surface area contributed by atoms with Crippen LogP contribution in [-0.4, -0.2) is 93.5 Å². The van der Waals surface area contributed by atoms with Gasteiger partial charge in [-0.2, -0.15) is 0 Å². The molecular formula is C39H45NO9. The Morgan fingerprint density at radius 3 is 1.88 bits per heavy atom. The second-order valence-corrected chi connectivity index (χ2v) is 11.9. The summed E-state index contributed by atoms with van der Waals surface area (Å²) in [5.41, 5.74) is 3.87. The van der Waals surface area contributed by atoms with Crippen molar-refractivity contribution in [1.82, 2.24) is 4.90 Å². The second kappa shape index (κ2) is 21.0. The van der Waals surface area contributed by atoms with Crippen LogP contribution in [0.4, 0.5) is 0 Å². The van der Waals surface area contributed by atoms with Gasteiger partial charge in [-0.1, -0.05) is 48.2 Å². The monoisotopic (exact) mass is 671 g/mol. The average molecular weight is 672 g/mol.